The van der Waals surface area contributed by atoms with Crippen LogP contribution in [0, 0.1) is 12.3 Å². The van der Waals surface area contributed by atoms with Gasteiger partial charge >= 0.3 is 6.92 Å². The van der Waals surface area contributed by atoms with Gasteiger partial charge in [0.2, 0.25) is 5.88 Å². The summed E-state index contributed by atoms with van der Waals surface area (Å²) in [6.07, 6.45) is 2.89. The molecule has 0 unspecified atom stereocenters. The lowest BCUT2D eigenvalue weighted by atomic mass is 9.54. The van der Waals surface area contributed by atoms with Gasteiger partial charge < -0.3 is 9.39 Å². The smallest absolute Gasteiger partial charge is 0.329 e. The van der Waals surface area contributed by atoms with E-state index in [9.17, 15) is 0 Å². The zero-order chi connectivity index (χ0) is 13.6. The van der Waals surface area contributed by atoms with Gasteiger partial charge in [0.1, 0.15) is 0 Å². The zero-order valence-corrected chi connectivity index (χ0v) is 12.2. The second-order valence-corrected chi connectivity index (χ2v) is 6.30. The summed E-state index contributed by atoms with van der Waals surface area (Å²) in [5.41, 5.74) is 2.27. The second-order valence-electron chi connectivity index (χ2n) is 6.30. The van der Waals surface area contributed by atoms with Crippen molar-refractivity contribution in [3.63, 3.8) is 0 Å². The van der Waals surface area contributed by atoms with E-state index in [1.807, 2.05) is 13.1 Å². The molecular formula is C14H22BNO2. The molecule has 0 radical (unpaired) electrons. The van der Waals surface area contributed by atoms with Gasteiger partial charge in [-0.15, -0.1) is 0 Å². The van der Waals surface area contributed by atoms with Crippen LogP contribution in [0.3, 0.4) is 0 Å². The van der Waals surface area contributed by atoms with Crippen molar-refractivity contribution < 1.29 is 9.39 Å². The normalized spacial score (nSPS) is 21.1. The molecule has 0 amide bonds. The van der Waals surface area contributed by atoms with E-state index in [0.717, 1.165) is 17.3 Å². The predicted molar refractivity (Wildman–Crippen MR) is 74.7 cm³/mol. The largest absolute Gasteiger partial charge is 0.481 e. The average molecular weight is 247 g/mol. The van der Waals surface area contributed by atoms with E-state index in [1.54, 1.807) is 7.11 Å². The lowest BCUT2D eigenvalue weighted by molar-refractivity contribution is 0.0375. The van der Waals surface area contributed by atoms with Gasteiger partial charge in [-0.1, -0.05) is 19.9 Å². The Morgan fingerprint density at radius 2 is 2.00 bits per heavy atom. The third-order valence-electron chi connectivity index (χ3n) is 4.38. The molecule has 1 saturated heterocycles. The number of rotatable bonds is 2. The van der Waals surface area contributed by atoms with Crippen LogP contribution in [0.5, 0.6) is 5.88 Å². The Hall–Kier alpha value is -1.03. The summed E-state index contributed by atoms with van der Waals surface area (Å²) in [6, 6.07) is 2.12. The van der Waals surface area contributed by atoms with E-state index >= 15 is 0 Å². The molecule has 2 rings (SSSR count). The van der Waals surface area contributed by atoms with Crippen LogP contribution in [0.2, 0.25) is 6.32 Å². The van der Waals surface area contributed by atoms with Crippen molar-refractivity contribution >= 4 is 12.4 Å². The number of aromatic nitrogens is 1. The number of hydrogen-bond acceptors (Lipinski definition) is 3. The fraction of sp³-hybridized carbons (Fsp3) is 0.643. The Kier molecular flexibility index (Phi) is 3.18. The van der Waals surface area contributed by atoms with Crippen LogP contribution in [0.15, 0.2) is 12.3 Å². The molecule has 0 aromatic carbocycles. The Morgan fingerprint density at radius 3 is 2.44 bits per heavy atom. The predicted octanol–water partition coefficient (Wildman–Crippen LogP) is 2.43. The lowest BCUT2D eigenvalue weighted by Crippen LogP contribution is -2.36. The summed E-state index contributed by atoms with van der Waals surface area (Å²) < 4.78 is 11.4. The molecule has 0 aliphatic carbocycles. The SMILES string of the molecule is COc1ncc(B2CC(C)(C)C(C)(C)O2)cc1C. The molecule has 2 heterocycles. The number of hydrogen-bond donors (Lipinski definition) is 0. The maximum atomic E-state index is 6.20. The monoisotopic (exact) mass is 247 g/mol. The van der Waals surface area contributed by atoms with E-state index in [1.165, 1.54) is 0 Å². The molecule has 0 saturated carbocycles. The average Bonchev–Trinajstić information content (AvgIpc) is 2.48. The highest BCUT2D eigenvalue weighted by molar-refractivity contribution is 6.68. The first kappa shape index (κ1) is 13.4. The molecule has 0 atom stereocenters. The van der Waals surface area contributed by atoms with Gasteiger partial charge in [-0.25, -0.2) is 4.98 Å². The highest BCUT2D eigenvalue weighted by Gasteiger charge is 2.49. The maximum absolute atomic E-state index is 6.20. The molecule has 98 valence electrons. The number of nitrogens with zero attached hydrogens (tertiary/aromatic N) is 1. The highest BCUT2D eigenvalue weighted by Crippen LogP contribution is 2.45. The zero-order valence-electron chi connectivity index (χ0n) is 12.2. The van der Waals surface area contributed by atoms with Gasteiger partial charge in [0, 0.05) is 11.8 Å². The molecule has 1 aliphatic rings. The van der Waals surface area contributed by atoms with E-state index < -0.39 is 0 Å². The summed E-state index contributed by atoms with van der Waals surface area (Å²) in [4.78, 5) is 4.33. The fourth-order valence-corrected chi connectivity index (χ4v) is 2.43. The van der Waals surface area contributed by atoms with E-state index in [0.29, 0.717) is 5.88 Å². The van der Waals surface area contributed by atoms with Crippen molar-refractivity contribution in [3.8, 4) is 5.88 Å². The number of methoxy groups -OCH3 is 1. The van der Waals surface area contributed by atoms with Crippen LogP contribution >= 0.6 is 0 Å². The number of aryl methyl sites for hydroxylation is 1. The summed E-state index contributed by atoms with van der Waals surface area (Å²) in [5, 5.41) is 0. The van der Waals surface area contributed by atoms with Crippen molar-refractivity contribution in [2.45, 2.75) is 46.5 Å². The quantitative estimate of drug-likeness (QED) is 0.752. The van der Waals surface area contributed by atoms with Gasteiger partial charge in [0.05, 0.1) is 12.7 Å². The molecule has 1 aliphatic heterocycles. The second kappa shape index (κ2) is 4.27. The Balaban J connectivity index is 2.27. The van der Waals surface area contributed by atoms with Crippen molar-refractivity contribution in [1.29, 1.82) is 0 Å². The van der Waals surface area contributed by atoms with Crippen LogP contribution in [-0.2, 0) is 4.65 Å². The molecule has 1 aromatic heterocycles. The van der Waals surface area contributed by atoms with E-state index in [2.05, 4.69) is 38.7 Å². The minimum Gasteiger partial charge on any atom is -0.481 e. The minimum absolute atomic E-state index is 0.106. The van der Waals surface area contributed by atoms with Crippen LogP contribution in [0.4, 0.5) is 0 Å². The van der Waals surface area contributed by atoms with E-state index in [-0.39, 0.29) is 17.9 Å². The van der Waals surface area contributed by atoms with Crippen LogP contribution < -0.4 is 10.2 Å². The molecule has 1 aromatic rings. The van der Waals surface area contributed by atoms with Crippen molar-refractivity contribution in [3.05, 3.63) is 17.8 Å². The van der Waals surface area contributed by atoms with Crippen molar-refractivity contribution in [2.75, 3.05) is 7.11 Å². The third-order valence-corrected chi connectivity index (χ3v) is 4.38. The molecule has 4 heteroatoms. The van der Waals surface area contributed by atoms with Gasteiger partial charge in [0.15, 0.2) is 0 Å². The molecular weight excluding hydrogens is 225 g/mol. The van der Waals surface area contributed by atoms with Crippen molar-refractivity contribution in [2.24, 2.45) is 5.41 Å². The first-order valence-corrected chi connectivity index (χ1v) is 6.45. The van der Waals surface area contributed by atoms with Gasteiger partial charge in [-0.2, -0.15) is 0 Å². The molecule has 18 heavy (non-hydrogen) atoms. The standard InChI is InChI=1S/C14H22BNO2/c1-10-7-11(8-16-12(10)17-6)15-9-13(2,3)14(4,5)18-15/h7-8H,9H2,1-6H3. The first-order valence-electron chi connectivity index (χ1n) is 6.45. The summed E-state index contributed by atoms with van der Waals surface area (Å²) in [7, 11) is 1.65. The summed E-state index contributed by atoms with van der Waals surface area (Å²) >= 11 is 0. The van der Waals surface area contributed by atoms with Crippen LogP contribution in [0.25, 0.3) is 0 Å². The Labute approximate surface area is 110 Å². The molecule has 0 spiro atoms. The molecule has 1 fully saturated rings. The van der Waals surface area contributed by atoms with Crippen LogP contribution in [-0.4, -0.2) is 24.6 Å². The first-order chi connectivity index (χ1) is 8.27. The lowest BCUT2D eigenvalue weighted by Gasteiger charge is -2.34. The highest BCUT2D eigenvalue weighted by atomic mass is 16.5. The van der Waals surface area contributed by atoms with Gasteiger partial charge in [-0.05, 0) is 38.0 Å². The van der Waals surface area contributed by atoms with E-state index in [4.69, 9.17) is 9.39 Å². The topological polar surface area (TPSA) is 31.4 Å². The van der Waals surface area contributed by atoms with Crippen molar-refractivity contribution in [1.82, 2.24) is 4.98 Å². The molecule has 3 nitrogen and oxygen atoms in total. The minimum atomic E-state index is -0.106. The van der Waals surface area contributed by atoms with Gasteiger partial charge in [0.25, 0.3) is 0 Å². The maximum Gasteiger partial charge on any atom is 0.329 e. The fourth-order valence-electron chi connectivity index (χ4n) is 2.43. The Bertz CT molecular complexity index is 441. The summed E-state index contributed by atoms with van der Waals surface area (Å²) in [5.74, 6) is 0.690. The molecule has 0 N–H and O–H groups in total. The Morgan fingerprint density at radius 1 is 1.33 bits per heavy atom. The number of pyridine rings is 1. The van der Waals surface area contributed by atoms with Gasteiger partial charge in [-0.3, -0.25) is 0 Å². The number of ether oxygens (including phenoxy) is 1. The summed E-state index contributed by atoms with van der Waals surface area (Å²) in [6.45, 7) is 11.0. The van der Waals surface area contributed by atoms with Crippen LogP contribution in [0.1, 0.15) is 33.3 Å². The molecule has 0 bridgehead atoms. The third kappa shape index (κ3) is 2.14.